The molecule has 0 aliphatic heterocycles. The summed E-state index contributed by atoms with van der Waals surface area (Å²) in [4.78, 5) is 15.3. The van der Waals surface area contributed by atoms with E-state index in [0.717, 1.165) is 25.3 Å². The minimum Gasteiger partial charge on any atom is -0.494 e. The van der Waals surface area contributed by atoms with Gasteiger partial charge < -0.3 is 19.5 Å². The highest BCUT2D eigenvalue weighted by Crippen LogP contribution is 2.32. The van der Waals surface area contributed by atoms with Gasteiger partial charge in [-0.3, -0.25) is 0 Å². The molecule has 0 fully saturated rings. The molecule has 2 rings (SSSR count). The van der Waals surface area contributed by atoms with Gasteiger partial charge in [-0.1, -0.05) is 88.9 Å². The van der Waals surface area contributed by atoms with Crippen LogP contribution in [0.2, 0.25) is 0 Å². The monoisotopic (exact) mass is 477 g/mol. The Kier molecular flexibility index (Phi) is 13.8. The molecular formula is C27H40ClNO4. The zero-order chi connectivity index (χ0) is 23.2. The van der Waals surface area contributed by atoms with E-state index in [2.05, 4.69) is 25.7 Å². The van der Waals surface area contributed by atoms with Gasteiger partial charge in [-0.15, -0.1) is 12.4 Å². The van der Waals surface area contributed by atoms with E-state index >= 15 is 0 Å². The van der Waals surface area contributed by atoms with Crippen LogP contribution in [-0.4, -0.2) is 48.8 Å². The summed E-state index contributed by atoms with van der Waals surface area (Å²) in [5.74, 6) is 0.0648. The first-order valence-corrected chi connectivity index (χ1v) is 12.0. The van der Waals surface area contributed by atoms with Crippen molar-refractivity contribution in [2.45, 2.75) is 58.5 Å². The number of esters is 1. The highest BCUT2D eigenvalue weighted by atomic mass is 35.5. The first kappa shape index (κ1) is 29.0. The van der Waals surface area contributed by atoms with Crippen LogP contribution in [0.1, 0.15) is 64.0 Å². The van der Waals surface area contributed by atoms with Crippen LogP contribution in [0, 0.1) is 0 Å². The van der Waals surface area contributed by atoms with Crippen molar-refractivity contribution in [3.8, 4) is 5.75 Å². The van der Waals surface area contributed by atoms with Crippen molar-refractivity contribution in [2.75, 3.05) is 32.8 Å². The lowest BCUT2D eigenvalue weighted by Crippen LogP contribution is -2.40. The summed E-state index contributed by atoms with van der Waals surface area (Å²) in [6.45, 7) is 9.65. The molecule has 0 amide bonds. The maximum Gasteiger partial charge on any atom is 0.347 e. The third kappa shape index (κ3) is 8.65. The Labute approximate surface area is 205 Å². The number of ether oxygens (including phenoxy) is 2. The number of benzene rings is 2. The zero-order valence-electron chi connectivity index (χ0n) is 20.3. The Morgan fingerprint density at radius 1 is 0.848 bits per heavy atom. The van der Waals surface area contributed by atoms with Crippen LogP contribution >= 0.6 is 12.4 Å². The molecular weight excluding hydrogens is 438 g/mol. The van der Waals surface area contributed by atoms with Gasteiger partial charge in [0.15, 0.2) is 0 Å². The number of carbonyl (C=O) groups excluding carboxylic acids is 1. The molecule has 0 aliphatic carbocycles. The molecule has 1 N–H and O–H groups in total. The minimum absolute atomic E-state index is 0. The number of rotatable bonds is 15. The Balaban J connectivity index is 0.00000544. The average molecular weight is 478 g/mol. The van der Waals surface area contributed by atoms with Gasteiger partial charge in [0.2, 0.25) is 5.60 Å². The normalized spacial score (nSPS) is 12.6. The van der Waals surface area contributed by atoms with Crippen molar-refractivity contribution < 1.29 is 19.4 Å². The molecule has 0 aliphatic rings. The third-order valence-electron chi connectivity index (χ3n) is 5.81. The highest BCUT2D eigenvalue weighted by Gasteiger charge is 2.41. The lowest BCUT2D eigenvalue weighted by atomic mass is 9.86. The van der Waals surface area contributed by atoms with E-state index in [4.69, 9.17) is 9.47 Å². The molecule has 0 heterocycles. The Bertz CT molecular complexity index is 780. The number of unbranched alkanes of at least 4 members (excludes halogenated alkanes) is 4. The number of aliphatic hydroxyl groups is 1. The molecule has 2 aromatic carbocycles. The number of halogens is 1. The summed E-state index contributed by atoms with van der Waals surface area (Å²) < 4.78 is 11.4. The highest BCUT2D eigenvalue weighted by molar-refractivity contribution is 5.85. The van der Waals surface area contributed by atoms with E-state index in [-0.39, 0.29) is 19.0 Å². The lowest BCUT2D eigenvalue weighted by molar-refractivity contribution is -0.162. The Morgan fingerprint density at radius 2 is 1.45 bits per heavy atom. The minimum atomic E-state index is -1.87. The van der Waals surface area contributed by atoms with Crippen LogP contribution in [0.25, 0.3) is 0 Å². The summed E-state index contributed by atoms with van der Waals surface area (Å²) in [6.07, 6.45) is 5.91. The SMILES string of the molecule is CCCCCCCOc1ccc(C(O)(C(=O)OCCN(CC)CC)c2ccccc2)cc1.Cl. The smallest absolute Gasteiger partial charge is 0.347 e. The topological polar surface area (TPSA) is 59.0 Å². The molecule has 0 radical (unpaired) electrons. The molecule has 6 heteroatoms. The van der Waals surface area contributed by atoms with Gasteiger partial charge >= 0.3 is 5.97 Å². The summed E-state index contributed by atoms with van der Waals surface area (Å²) in [6, 6.07) is 16.0. The van der Waals surface area contributed by atoms with Gasteiger partial charge in [0.25, 0.3) is 0 Å². The molecule has 5 nitrogen and oxygen atoms in total. The van der Waals surface area contributed by atoms with Gasteiger partial charge in [-0.05, 0) is 42.8 Å². The van der Waals surface area contributed by atoms with Crippen molar-refractivity contribution in [3.05, 3.63) is 65.7 Å². The van der Waals surface area contributed by atoms with Crippen LogP contribution < -0.4 is 4.74 Å². The summed E-state index contributed by atoms with van der Waals surface area (Å²) in [7, 11) is 0. The number of likely N-dealkylation sites (N-methyl/N-ethyl adjacent to an activating group) is 1. The number of nitrogens with zero attached hydrogens (tertiary/aromatic N) is 1. The molecule has 0 saturated carbocycles. The van der Waals surface area contributed by atoms with Crippen molar-refractivity contribution in [2.24, 2.45) is 0 Å². The van der Waals surface area contributed by atoms with E-state index < -0.39 is 11.6 Å². The van der Waals surface area contributed by atoms with Gasteiger partial charge in [-0.2, -0.15) is 0 Å². The summed E-state index contributed by atoms with van der Waals surface area (Å²) >= 11 is 0. The average Bonchev–Trinajstić information content (AvgIpc) is 2.84. The van der Waals surface area contributed by atoms with Gasteiger partial charge in [-0.25, -0.2) is 4.79 Å². The predicted octanol–water partition coefficient (Wildman–Crippen LogP) is 5.58. The fourth-order valence-electron chi connectivity index (χ4n) is 3.68. The lowest BCUT2D eigenvalue weighted by Gasteiger charge is -2.28. The molecule has 0 saturated heterocycles. The standard InChI is InChI=1S/C27H39NO4.ClH/c1-4-7-8-9-13-21-31-25-18-16-24(17-19-25)27(30,23-14-11-10-12-15-23)26(29)32-22-20-28(5-2)6-3;/h10-12,14-19,30H,4-9,13,20-22H2,1-3H3;1H. The Morgan fingerprint density at radius 3 is 2.06 bits per heavy atom. The van der Waals surface area contributed by atoms with Gasteiger partial charge in [0.1, 0.15) is 12.4 Å². The largest absolute Gasteiger partial charge is 0.494 e. The molecule has 1 atom stereocenters. The summed E-state index contributed by atoms with van der Waals surface area (Å²) in [5, 5.41) is 11.6. The van der Waals surface area contributed by atoms with E-state index in [1.165, 1.54) is 25.7 Å². The molecule has 1 unspecified atom stereocenters. The fraction of sp³-hybridized carbons (Fsp3) is 0.519. The molecule has 33 heavy (non-hydrogen) atoms. The number of carbonyl (C=O) groups is 1. The van der Waals surface area contributed by atoms with Crippen molar-refractivity contribution >= 4 is 18.4 Å². The van der Waals surface area contributed by atoms with Gasteiger partial charge in [0, 0.05) is 6.54 Å². The molecule has 0 spiro atoms. The van der Waals surface area contributed by atoms with Crippen LogP contribution in [0.15, 0.2) is 54.6 Å². The maximum absolute atomic E-state index is 13.1. The molecule has 0 aromatic heterocycles. The predicted molar refractivity (Wildman–Crippen MR) is 136 cm³/mol. The number of hydrogen-bond donors (Lipinski definition) is 1. The first-order chi connectivity index (χ1) is 15.6. The maximum atomic E-state index is 13.1. The van der Waals surface area contributed by atoms with E-state index in [1.807, 2.05) is 6.07 Å². The third-order valence-corrected chi connectivity index (χ3v) is 5.81. The second kappa shape index (κ2) is 15.7. The van der Waals surface area contributed by atoms with Gasteiger partial charge in [0.05, 0.1) is 6.61 Å². The quantitative estimate of drug-likeness (QED) is 0.268. The van der Waals surface area contributed by atoms with E-state index in [0.29, 0.717) is 24.3 Å². The van der Waals surface area contributed by atoms with E-state index in [1.54, 1.807) is 48.5 Å². The van der Waals surface area contributed by atoms with Crippen molar-refractivity contribution in [1.29, 1.82) is 0 Å². The van der Waals surface area contributed by atoms with Crippen LogP contribution in [0.3, 0.4) is 0 Å². The van der Waals surface area contributed by atoms with Crippen LogP contribution in [0.4, 0.5) is 0 Å². The molecule has 2 aromatic rings. The van der Waals surface area contributed by atoms with Crippen LogP contribution in [0.5, 0.6) is 5.75 Å². The first-order valence-electron chi connectivity index (χ1n) is 12.0. The Hall–Kier alpha value is -2.08. The van der Waals surface area contributed by atoms with E-state index in [9.17, 15) is 9.90 Å². The van der Waals surface area contributed by atoms with Crippen LogP contribution in [-0.2, 0) is 15.1 Å². The second-order valence-corrected chi connectivity index (χ2v) is 8.03. The fourth-order valence-corrected chi connectivity index (χ4v) is 3.68. The number of hydrogen-bond acceptors (Lipinski definition) is 5. The van der Waals surface area contributed by atoms with Crippen molar-refractivity contribution in [3.63, 3.8) is 0 Å². The summed E-state index contributed by atoms with van der Waals surface area (Å²) in [5.41, 5.74) is -0.923. The second-order valence-electron chi connectivity index (χ2n) is 8.03. The van der Waals surface area contributed by atoms with Crippen molar-refractivity contribution in [1.82, 2.24) is 4.90 Å². The zero-order valence-corrected chi connectivity index (χ0v) is 21.1. The molecule has 0 bridgehead atoms. The molecule has 184 valence electrons.